The fourth-order valence-corrected chi connectivity index (χ4v) is 7.11. The van der Waals surface area contributed by atoms with E-state index < -0.39 is 69.0 Å². The van der Waals surface area contributed by atoms with Crippen LogP contribution in [0.1, 0.15) is 22.3 Å². The number of phenolic OH excluding ortho intramolecular Hbond substituents is 1. The highest BCUT2D eigenvalue weighted by Crippen LogP contribution is 2.55. The topological polar surface area (TPSA) is 204 Å². The number of aliphatic hydroxyl groups excluding tert-OH is 2. The van der Waals surface area contributed by atoms with Crippen molar-refractivity contribution < 1.29 is 39.2 Å². The van der Waals surface area contributed by atoms with Gasteiger partial charge in [-0.15, -0.1) is 0 Å². The Morgan fingerprint density at radius 3 is 2.35 bits per heavy atom. The summed E-state index contributed by atoms with van der Waals surface area (Å²) in [5.41, 5.74) is 8.14. The van der Waals surface area contributed by atoms with E-state index in [1.807, 2.05) is 12.1 Å². The van der Waals surface area contributed by atoms with Crippen LogP contribution in [0.2, 0.25) is 0 Å². The monoisotopic (exact) mass is 588 g/mol. The van der Waals surface area contributed by atoms with Gasteiger partial charge in [0.1, 0.15) is 34.2 Å². The lowest BCUT2D eigenvalue weighted by atomic mass is 9.56. The van der Waals surface area contributed by atoms with E-state index >= 15 is 0 Å². The van der Waals surface area contributed by atoms with Gasteiger partial charge in [-0.25, -0.2) is 0 Å². The molecule has 6 rings (SSSR count). The van der Waals surface area contributed by atoms with Crippen LogP contribution in [0.3, 0.4) is 0 Å². The van der Waals surface area contributed by atoms with Gasteiger partial charge in [0.15, 0.2) is 11.4 Å². The van der Waals surface area contributed by atoms with Gasteiger partial charge in [0, 0.05) is 31.1 Å². The van der Waals surface area contributed by atoms with E-state index in [4.69, 9.17) is 15.9 Å². The number of furan rings is 1. The van der Waals surface area contributed by atoms with E-state index in [9.17, 15) is 34.8 Å². The Morgan fingerprint density at radius 1 is 1.07 bits per heavy atom. The van der Waals surface area contributed by atoms with Crippen LogP contribution in [0.25, 0.3) is 22.3 Å². The maximum absolute atomic E-state index is 14.3. The molecule has 12 nitrogen and oxygen atoms in total. The Balaban J connectivity index is 1.61. The molecule has 0 unspecified atom stereocenters. The number of rotatable bonds is 4. The molecule has 0 fully saturated rings. The molecule has 1 heterocycles. The van der Waals surface area contributed by atoms with Crippen LogP contribution in [0.15, 0.2) is 63.5 Å². The summed E-state index contributed by atoms with van der Waals surface area (Å²) in [6, 6.07) is 9.53. The predicted octanol–water partition coefficient (Wildman–Crippen LogP) is 1.68. The van der Waals surface area contributed by atoms with Crippen molar-refractivity contribution in [3.63, 3.8) is 0 Å². The zero-order valence-corrected chi connectivity index (χ0v) is 24.0. The normalized spacial score (nSPS) is 27.0. The summed E-state index contributed by atoms with van der Waals surface area (Å²) in [5.74, 6) is -6.59. The number of nitrogens with zero attached hydrogens (tertiary/aromatic N) is 2. The second-order valence-electron chi connectivity index (χ2n) is 12.0. The molecule has 3 aliphatic carbocycles. The highest BCUT2D eigenvalue weighted by atomic mass is 16.4. The smallest absolute Gasteiger partial charge is 0.255 e. The molecule has 0 spiro atoms. The van der Waals surface area contributed by atoms with E-state index in [-0.39, 0.29) is 24.0 Å². The van der Waals surface area contributed by atoms with Gasteiger partial charge in [0.2, 0.25) is 5.78 Å². The Labute approximate surface area is 246 Å². The summed E-state index contributed by atoms with van der Waals surface area (Å²) in [6.45, 7) is 0. The second-order valence-corrected chi connectivity index (χ2v) is 12.0. The number of nitrogens with two attached hydrogens (primary N) is 2. The number of ketones is 2. The number of benzene rings is 2. The molecular formula is C31H32N4O8. The quantitative estimate of drug-likeness (QED) is 0.242. The Hall–Kier alpha value is -4.65. The van der Waals surface area contributed by atoms with Crippen LogP contribution in [0, 0.1) is 5.92 Å². The molecule has 4 atom stereocenters. The van der Waals surface area contributed by atoms with Crippen molar-refractivity contribution in [1.82, 2.24) is 4.90 Å². The Kier molecular flexibility index (Phi) is 6.07. The first-order valence-electron chi connectivity index (χ1n) is 13.6. The third kappa shape index (κ3) is 3.70. The molecule has 0 saturated carbocycles. The molecule has 2 aromatic carbocycles. The Bertz CT molecular complexity index is 1800. The van der Waals surface area contributed by atoms with E-state index in [1.54, 1.807) is 57.4 Å². The van der Waals surface area contributed by atoms with Gasteiger partial charge in [0.05, 0.1) is 28.3 Å². The van der Waals surface area contributed by atoms with E-state index in [0.29, 0.717) is 22.6 Å². The molecular weight excluding hydrogens is 556 g/mol. The van der Waals surface area contributed by atoms with Crippen molar-refractivity contribution in [2.75, 3.05) is 33.1 Å². The molecule has 3 aliphatic rings. The molecule has 0 bridgehead atoms. The zero-order valence-electron chi connectivity index (χ0n) is 24.0. The lowest BCUT2D eigenvalue weighted by molar-refractivity contribution is -0.148. The Morgan fingerprint density at radius 2 is 1.74 bits per heavy atom. The fraction of sp³-hybridized carbons (Fsp3) is 0.323. The predicted molar refractivity (Wildman–Crippen MR) is 157 cm³/mol. The lowest BCUT2D eigenvalue weighted by Crippen LogP contribution is -2.68. The number of amides is 1. The van der Waals surface area contributed by atoms with Crippen molar-refractivity contribution in [1.29, 1.82) is 0 Å². The number of para-hydroxylation sites is 1. The number of likely N-dealkylation sites (N-methyl/N-ethyl adjacent to an activating group) is 1. The molecule has 43 heavy (non-hydrogen) atoms. The molecule has 224 valence electrons. The van der Waals surface area contributed by atoms with E-state index in [1.165, 1.54) is 4.90 Å². The summed E-state index contributed by atoms with van der Waals surface area (Å²) in [7, 11) is 6.64. The van der Waals surface area contributed by atoms with Gasteiger partial charge in [-0.1, -0.05) is 18.2 Å². The minimum absolute atomic E-state index is 0.0664. The van der Waals surface area contributed by atoms with Gasteiger partial charge >= 0.3 is 0 Å². The largest absolute Gasteiger partial charge is 0.510 e. The summed E-state index contributed by atoms with van der Waals surface area (Å²) in [4.78, 5) is 43.4. The van der Waals surface area contributed by atoms with Gasteiger partial charge in [-0.3, -0.25) is 19.3 Å². The molecule has 8 N–H and O–H groups in total. The molecule has 0 saturated heterocycles. The van der Waals surface area contributed by atoms with Crippen LogP contribution in [-0.4, -0.2) is 88.2 Å². The van der Waals surface area contributed by atoms with Gasteiger partial charge in [-0.2, -0.15) is 0 Å². The van der Waals surface area contributed by atoms with Gasteiger partial charge in [-0.05, 0) is 50.7 Å². The zero-order chi connectivity index (χ0) is 31.3. The number of phenols is 1. The van der Waals surface area contributed by atoms with Gasteiger partial charge < -0.3 is 41.2 Å². The highest BCUT2D eigenvalue weighted by molar-refractivity contribution is 6.25. The minimum atomic E-state index is -2.80. The maximum Gasteiger partial charge on any atom is 0.255 e. The highest BCUT2D eigenvalue weighted by Gasteiger charge is 2.66. The number of aromatic hydroxyl groups is 1. The first-order chi connectivity index (χ1) is 20.1. The number of carbonyl (C=O) groups is 3. The van der Waals surface area contributed by atoms with Crippen molar-refractivity contribution in [2.24, 2.45) is 17.4 Å². The fourth-order valence-electron chi connectivity index (χ4n) is 7.11. The van der Waals surface area contributed by atoms with Crippen molar-refractivity contribution >= 4 is 34.1 Å². The summed E-state index contributed by atoms with van der Waals surface area (Å²) >= 11 is 0. The number of primary amides is 1. The van der Waals surface area contributed by atoms with Gasteiger partial charge in [0.25, 0.3) is 5.91 Å². The summed E-state index contributed by atoms with van der Waals surface area (Å²) < 4.78 is 5.98. The number of aliphatic hydroxyl groups is 3. The standard InChI is InChI=1S/C31H32N4O8/c1-34(2)17-10-14(19-9-13-7-5-6-8-18(13)43-19)24(36)20-15(17)11-30(33)12-16-23(35(3)4)26(38)21(29(32)41)27(39)31(16,42)28(40)22(30)25(20)37/h5-10,16,23,36,38,40,42H,11-12,33H2,1-4H3,(H2,32,41)/t16-,23-,30+,31+/m0/s1. The van der Waals surface area contributed by atoms with Crippen molar-refractivity contribution in [3.05, 3.63) is 70.2 Å². The molecule has 1 amide bonds. The number of hydrogen-bond acceptors (Lipinski definition) is 11. The average Bonchev–Trinajstić information content (AvgIpc) is 3.34. The van der Waals surface area contributed by atoms with Crippen LogP contribution < -0.4 is 16.4 Å². The number of hydrogen-bond donors (Lipinski definition) is 6. The second kappa shape index (κ2) is 9.17. The van der Waals surface area contributed by atoms with Crippen molar-refractivity contribution in [2.45, 2.75) is 30.0 Å². The number of carbonyl (C=O) groups excluding carboxylic acids is 3. The molecule has 1 aromatic heterocycles. The lowest BCUT2D eigenvalue weighted by Gasteiger charge is -2.53. The molecule has 3 aromatic rings. The molecule has 0 aliphatic heterocycles. The number of Topliss-reactive ketones (excluding diaryl/α,β-unsaturated/α-hetero) is 2. The summed E-state index contributed by atoms with van der Waals surface area (Å²) in [6.07, 6.45) is -0.305. The van der Waals surface area contributed by atoms with Crippen LogP contribution in [0.4, 0.5) is 5.69 Å². The van der Waals surface area contributed by atoms with E-state index in [0.717, 1.165) is 5.39 Å². The molecule has 12 heteroatoms. The first-order valence-corrected chi connectivity index (χ1v) is 13.6. The van der Waals surface area contributed by atoms with Crippen LogP contribution in [0.5, 0.6) is 5.75 Å². The SMILES string of the molecule is CN(C)c1cc(-c2cc3ccccc3o2)c(O)c2c1C[C@@]1(N)C[C@H]3[C@H](N(C)C)C(O)=C(C(N)=O)C(=O)[C@@]3(O)C(O)=C1C2=O. The minimum Gasteiger partial charge on any atom is -0.510 e. The van der Waals surface area contributed by atoms with Crippen molar-refractivity contribution in [3.8, 4) is 17.1 Å². The average molecular weight is 589 g/mol. The molecule has 0 radical (unpaired) electrons. The number of fused-ring (bicyclic) bond motifs is 4. The van der Waals surface area contributed by atoms with Crippen LogP contribution in [-0.2, 0) is 16.0 Å². The first kappa shape index (κ1) is 28.5. The van der Waals surface area contributed by atoms with E-state index in [2.05, 4.69) is 0 Å². The third-order valence-electron chi connectivity index (χ3n) is 9.01. The third-order valence-corrected chi connectivity index (χ3v) is 9.01. The summed E-state index contributed by atoms with van der Waals surface area (Å²) in [5, 5.41) is 46.9. The van der Waals surface area contributed by atoms with Crippen LogP contribution >= 0.6 is 0 Å². The number of anilines is 1. The maximum atomic E-state index is 14.3.